The Labute approximate surface area is 222 Å². The van der Waals surface area contributed by atoms with E-state index >= 15 is 0 Å². The van der Waals surface area contributed by atoms with E-state index in [0.717, 1.165) is 26.1 Å². The van der Waals surface area contributed by atoms with Crippen molar-refractivity contribution in [1.29, 1.82) is 0 Å². The monoisotopic (exact) mass is 532 g/mol. The van der Waals surface area contributed by atoms with Crippen molar-refractivity contribution in [1.82, 2.24) is 0 Å². The van der Waals surface area contributed by atoms with Crippen molar-refractivity contribution in [3.05, 3.63) is 0 Å². The molecule has 0 aliphatic rings. The lowest BCUT2D eigenvalue weighted by Crippen LogP contribution is -2.50. The molecule has 0 saturated carbocycles. The second-order valence-electron chi connectivity index (χ2n) is 14.5. The zero-order valence-electron chi connectivity index (χ0n) is 26.5. The molecule has 7 atom stereocenters. The van der Waals surface area contributed by atoms with Gasteiger partial charge in [0.25, 0.3) is 0 Å². The third-order valence-electron chi connectivity index (χ3n) is 8.91. The first-order chi connectivity index (χ1) is 15.6. The summed E-state index contributed by atoms with van der Waals surface area (Å²) in [6.45, 7) is 37.9. The Morgan fingerprint density at radius 1 is 0.686 bits per heavy atom. The Bertz CT molecular complexity index is 592. The Morgan fingerprint density at radius 2 is 1.09 bits per heavy atom. The van der Waals surface area contributed by atoms with Crippen LogP contribution in [-0.4, -0.2) is 53.3 Å². The van der Waals surface area contributed by atoms with Crippen molar-refractivity contribution in [3.8, 4) is 0 Å². The third-order valence-corrected chi connectivity index (χ3v) is 17.9. The summed E-state index contributed by atoms with van der Waals surface area (Å²) in [6.07, 6.45) is 1.82. The second-order valence-corrected chi connectivity index (χ2v) is 24.0. The van der Waals surface area contributed by atoms with Gasteiger partial charge >= 0.3 is 0 Å². The van der Waals surface area contributed by atoms with E-state index in [2.05, 4.69) is 102 Å². The van der Waals surface area contributed by atoms with E-state index in [1.165, 1.54) is 0 Å². The first-order valence-corrected chi connectivity index (χ1v) is 20.0. The second kappa shape index (κ2) is 13.9. The van der Waals surface area contributed by atoms with Gasteiger partial charge in [0.2, 0.25) is 0 Å². The minimum Gasteiger partial charge on any atom is -0.413 e. The topological polar surface area (TPSA) is 47.9 Å². The molecule has 0 aliphatic carbocycles. The summed E-state index contributed by atoms with van der Waals surface area (Å²) >= 11 is 0. The zero-order valence-corrected chi connectivity index (χ0v) is 28.5. The molecular formula is C29H64O4Si2. The lowest BCUT2D eigenvalue weighted by Gasteiger charge is -2.45. The van der Waals surface area contributed by atoms with Gasteiger partial charge in [0.1, 0.15) is 0 Å². The number of rotatable bonds is 15. The summed E-state index contributed by atoms with van der Waals surface area (Å²) in [5.74, 6) is 1.09. The minimum absolute atomic E-state index is 0.0264. The number of ether oxygens (including phenoxy) is 1. The van der Waals surface area contributed by atoms with Crippen molar-refractivity contribution in [3.63, 3.8) is 0 Å². The summed E-state index contributed by atoms with van der Waals surface area (Å²) in [5.41, 5.74) is 0. The molecule has 0 radical (unpaired) electrons. The molecule has 0 fully saturated rings. The minimum atomic E-state index is -1.98. The standard InChI is InChI=1S/C29H64O4Si2/c1-17-18-31-20-23(4)26(32-34(13,14)28(7,8)9)21(2)19-22(3)27(24(5)25(6)30)33-35(15,16)29(10,11)12/h21-27,30H,17-20H2,1-16H3. The van der Waals surface area contributed by atoms with Crippen LogP contribution in [-0.2, 0) is 13.6 Å². The van der Waals surface area contributed by atoms with Crippen molar-refractivity contribution in [2.45, 2.75) is 151 Å². The smallest absolute Gasteiger partial charge is 0.192 e. The average molecular weight is 533 g/mol. The Morgan fingerprint density at radius 3 is 1.46 bits per heavy atom. The highest BCUT2D eigenvalue weighted by atomic mass is 28.4. The van der Waals surface area contributed by atoms with Gasteiger partial charge in [-0.15, -0.1) is 0 Å². The molecule has 35 heavy (non-hydrogen) atoms. The Hall–Kier alpha value is 0.274. The first kappa shape index (κ1) is 35.3. The maximum atomic E-state index is 10.5. The van der Waals surface area contributed by atoms with Gasteiger partial charge in [0, 0.05) is 18.4 Å². The van der Waals surface area contributed by atoms with Crippen LogP contribution in [0.5, 0.6) is 0 Å². The highest BCUT2D eigenvalue weighted by Crippen LogP contribution is 2.42. The molecule has 0 aromatic carbocycles. The van der Waals surface area contributed by atoms with Gasteiger partial charge in [-0.1, -0.05) is 76.2 Å². The molecule has 0 rings (SSSR count). The lowest BCUT2D eigenvalue weighted by atomic mass is 9.81. The number of aliphatic hydroxyl groups excluding tert-OH is 1. The fourth-order valence-corrected chi connectivity index (χ4v) is 7.19. The van der Waals surface area contributed by atoms with Crippen LogP contribution in [0, 0.1) is 23.7 Å². The lowest BCUT2D eigenvalue weighted by molar-refractivity contribution is -0.0169. The van der Waals surface area contributed by atoms with Crippen molar-refractivity contribution < 1.29 is 18.7 Å². The zero-order chi connectivity index (χ0) is 28.0. The highest BCUT2D eigenvalue weighted by Gasteiger charge is 2.44. The highest BCUT2D eigenvalue weighted by molar-refractivity contribution is 6.74. The van der Waals surface area contributed by atoms with Crippen LogP contribution in [0.1, 0.15) is 95.9 Å². The summed E-state index contributed by atoms with van der Waals surface area (Å²) in [6, 6.07) is 0. The summed E-state index contributed by atoms with van der Waals surface area (Å²) in [5, 5.41) is 10.8. The van der Waals surface area contributed by atoms with Crippen molar-refractivity contribution >= 4 is 16.6 Å². The van der Waals surface area contributed by atoms with Gasteiger partial charge in [0.05, 0.1) is 24.9 Å². The number of hydrogen-bond acceptors (Lipinski definition) is 4. The van der Waals surface area contributed by atoms with Gasteiger partial charge in [0.15, 0.2) is 16.6 Å². The predicted octanol–water partition coefficient (Wildman–Crippen LogP) is 8.51. The van der Waals surface area contributed by atoms with Crippen LogP contribution in [0.3, 0.4) is 0 Å². The normalized spacial score (nSPS) is 20.1. The first-order valence-electron chi connectivity index (χ1n) is 14.2. The predicted molar refractivity (Wildman–Crippen MR) is 158 cm³/mol. The Balaban J connectivity index is 5.92. The molecule has 212 valence electrons. The molecule has 0 amide bonds. The third kappa shape index (κ3) is 10.9. The van der Waals surface area contributed by atoms with E-state index in [1.807, 2.05) is 6.92 Å². The van der Waals surface area contributed by atoms with E-state index < -0.39 is 22.7 Å². The van der Waals surface area contributed by atoms with Gasteiger partial charge in [-0.2, -0.15) is 0 Å². The van der Waals surface area contributed by atoms with Gasteiger partial charge in [-0.3, -0.25) is 0 Å². The quantitative estimate of drug-likeness (QED) is 0.170. The molecule has 0 heterocycles. The van der Waals surface area contributed by atoms with E-state index in [9.17, 15) is 5.11 Å². The molecule has 0 saturated heterocycles. The van der Waals surface area contributed by atoms with Crippen molar-refractivity contribution in [2.24, 2.45) is 23.7 Å². The van der Waals surface area contributed by atoms with Crippen LogP contribution < -0.4 is 0 Å². The molecule has 7 unspecified atom stereocenters. The molecule has 1 N–H and O–H groups in total. The molecule has 4 nitrogen and oxygen atoms in total. The summed E-state index contributed by atoms with van der Waals surface area (Å²) in [7, 11) is -3.92. The largest absolute Gasteiger partial charge is 0.413 e. The van der Waals surface area contributed by atoms with Crippen LogP contribution in [0.4, 0.5) is 0 Å². The molecule has 0 spiro atoms. The molecule has 0 aromatic heterocycles. The van der Waals surface area contributed by atoms with E-state index in [0.29, 0.717) is 17.8 Å². The molecule has 0 aromatic rings. The maximum absolute atomic E-state index is 10.5. The van der Waals surface area contributed by atoms with Crippen LogP contribution >= 0.6 is 0 Å². The molecular weight excluding hydrogens is 468 g/mol. The summed E-state index contributed by atoms with van der Waals surface area (Å²) < 4.78 is 20.0. The molecule has 6 heteroatoms. The SMILES string of the molecule is CCCOCC(C)C(O[Si](C)(C)C(C)(C)C)C(C)CC(C)C(O[Si](C)(C)C(C)(C)C)C(C)C(C)O. The number of aliphatic hydroxyl groups is 1. The van der Waals surface area contributed by atoms with Gasteiger partial charge in [-0.25, -0.2) is 0 Å². The van der Waals surface area contributed by atoms with Crippen LogP contribution in [0.25, 0.3) is 0 Å². The van der Waals surface area contributed by atoms with E-state index in [4.69, 9.17) is 13.6 Å². The van der Waals surface area contributed by atoms with Gasteiger partial charge < -0.3 is 18.7 Å². The molecule has 0 aliphatic heterocycles. The average Bonchev–Trinajstić information content (AvgIpc) is 2.67. The van der Waals surface area contributed by atoms with Crippen LogP contribution in [0.2, 0.25) is 36.3 Å². The van der Waals surface area contributed by atoms with Crippen molar-refractivity contribution in [2.75, 3.05) is 13.2 Å². The molecule has 0 bridgehead atoms. The maximum Gasteiger partial charge on any atom is 0.192 e. The van der Waals surface area contributed by atoms with E-state index in [1.54, 1.807) is 0 Å². The summed E-state index contributed by atoms with van der Waals surface area (Å²) in [4.78, 5) is 0. The fraction of sp³-hybridized carbons (Fsp3) is 1.00. The Kier molecular flexibility index (Phi) is 14.0. The fourth-order valence-electron chi connectivity index (χ4n) is 4.21. The van der Waals surface area contributed by atoms with Crippen LogP contribution in [0.15, 0.2) is 0 Å². The number of hydrogen-bond donors (Lipinski definition) is 1. The van der Waals surface area contributed by atoms with E-state index in [-0.39, 0.29) is 28.2 Å². The van der Waals surface area contributed by atoms with Gasteiger partial charge in [-0.05, 0) is 67.9 Å².